The third-order valence-corrected chi connectivity index (χ3v) is 3.50. The molecule has 0 aromatic heterocycles. The summed E-state index contributed by atoms with van der Waals surface area (Å²) in [5, 5.41) is 2.92. The van der Waals surface area contributed by atoms with E-state index in [2.05, 4.69) is 40.0 Å². The van der Waals surface area contributed by atoms with E-state index in [-0.39, 0.29) is 11.9 Å². The third-order valence-electron chi connectivity index (χ3n) is 2.86. The average molecular weight is 283 g/mol. The van der Waals surface area contributed by atoms with Gasteiger partial charge in [0.2, 0.25) is 5.91 Å². The van der Waals surface area contributed by atoms with Crippen molar-refractivity contribution in [2.24, 2.45) is 0 Å². The molecule has 4 heteroatoms. The minimum Gasteiger partial charge on any atom is -0.355 e. The Morgan fingerprint density at radius 1 is 1.44 bits per heavy atom. The molecule has 16 heavy (non-hydrogen) atoms. The van der Waals surface area contributed by atoms with Crippen LogP contribution < -0.4 is 10.2 Å². The highest BCUT2D eigenvalue weighted by Gasteiger charge is 2.32. The predicted molar refractivity (Wildman–Crippen MR) is 69.8 cm³/mol. The number of para-hydroxylation sites is 1. The molecule has 3 nitrogen and oxygen atoms in total. The van der Waals surface area contributed by atoms with E-state index in [9.17, 15) is 4.79 Å². The van der Waals surface area contributed by atoms with Crippen LogP contribution in [0.2, 0.25) is 0 Å². The number of fused-ring (bicyclic) bond motifs is 1. The van der Waals surface area contributed by atoms with Gasteiger partial charge in [-0.05, 0) is 48.8 Å². The number of carbonyl (C=O) groups is 1. The molecule has 1 atom stereocenters. The molecule has 0 bridgehead atoms. The molecular formula is C12H15BrN2O. The molecule has 0 saturated carbocycles. The Labute approximate surface area is 104 Å². The smallest absolute Gasteiger partial charge is 0.246 e. The normalized spacial score (nSPS) is 19.7. The number of nitrogens with zero attached hydrogens (tertiary/aromatic N) is 1. The Bertz CT molecular complexity index is 431. The molecule has 2 rings (SSSR count). The second-order valence-electron chi connectivity index (χ2n) is 4.30. The van der Waals surface area contributed by atoms with Crippen LogP contribution >= 0.6 is 15.9 Å². The largest absolute Gasteiger partial charge is 0.355 e. The summed E-state index contributed by atoms with van der Waals surface area (Å²) < 4.78 is 1.02. The van der Waals surface area contributed by atoms with Crippen LogP contribution in [0.3, 0.4) is 0 Å². The van der Waals surface area contributed by atoms with Gasteiger partial charge in [-0.1, -0.05) is 6.07 Å². The summed E-state index contributed by atoms with van der Waals surface area (Å²) in [5.74, 6) is 0.0549. The number of nitrogens with one attached hydrogen (secondary N) is 1. The van der Waals surface area contributed by atoms with Crippen molar-refractivity contribution >= 4 is 33.2 Å². The lowest BCUT2D eigenvalue weighted by molar-refractivity contribution is -0.117. The van der Waals surface area contributed by atoms with Gasteiger partial charge in [0.1, 0.15) is 6.04 Å². The van der Waals surface area contributed by atoms with Gasteiger partial charge in [0.05, 0.1) is 11.4 Å². The first-order valence-corrected chi connectivity index (χ1v) is 6.19. The number of hydrogen-bond donors (Lipinski definition) is 1. The van der Waals surface area contributed by atoms with Gasteiger partial charge < -0.3 is 10.2 Å². The Morgan fingerprint density at radius 3 is 2.75 bits per heavy atom. The molecule has 0 spiro atoms. The van der Waals surface area contributed by atoms with Crippen molar-refractivity contribution in [1.82, 2.24) is 0 Å². The van der Waals surface area contributed by atoms with Crippen LogP contribution in [0.15, 0.2) is 22.7 Å². The van der Waals surface area contributed by atoms with Crippen LogP contribution in [0, 0.1) is 0 Å². The topological polar surface area (TPSA) is 32.3 Å². The van der Waals surface area contributed by atoms with Crippen molar-refractivity contribution in [3.05, 3.63) is 22.7 Å². The van der Waals surface area contributed by atoms with Gasteiger partial charge in [0, 0.05) is 10.5 Å². The summed E-state index contributed by atoms with van der Waals surface area (Å²) in [6.07, 6.45) is 0. The van der Waals surface area contributed by atoms with Crippen molar-refractivity contribution < 1.29 is 4.79 Å². The Morgan fingerprint density at radius 2 is 2.12 bits per heavy atom. The lowest BCUT2D eigenvalue weighted by Crippen LogP contribution is -2.49. The second kappa shape index (κ2) is 4.09. The molecule has 0 saturated heterocycles. The van der Waals surface area contributed by atoms with Gasteiger partial charge in [-0.3, -0.25) is 4.79 Å². The molecule has 0 aliphatic carbocycles. The molecule has 1 N–H and O–H groups in total. The van der Waals surface area contributed by atoms with E-state index in [1.54, 1.807) is 0 Å². The maximum absolute atomic E-state index is 11.8. The first-order valence-electron chi connectivity index (χ1n) is 5.40. The Kier molecular flexibility index (Phi) is 2.93. The molecule has 0 radical (unpaired) electrons. The number of benzene rings is 1. The van der Waals surface area contributed by atoms with E-state index in [4.69, 9.17) is 0 Å². The quantitative estimate of drug-likeness (QED) is 0.859. The fourth-order valence-electron chi connectivity index (χ4n) is 2.14. The van der Waals surface area contributed by atoms with Crippen molar-refractivity contribution in [2.45, 2.75) is 32.9 Å². The van der Waals surface area contributed by atoms with Crippen LogP contribution in [-0.4, -0.2) is 18.0 Å². The van der Waals surface area contributed by atoms with E-state index >= 15 is 0 Å². The van der Waals surface area contributed by atoms with Gasteiger partial charge in [-0.25, -0.2) is 0 Å². The summed E-state index contributed by atoms with van der Waals surface area (Å²) in [6, 6.07) is 6.01. The van der Waals surface area contributed by atoms with Crippen LogP contribution in [0.5, 0.6) is 0 Å². The van der Waals surface area contributed by atoms with E-state index in [1.807, 2.05) is 25.1 Å². The molecule has 1 aromatic carbocycles. The minimum absolute atomic E-state index is 0.0549. The molecule has 0 fully saturated rings. The molecular weight excluding hydrogens is 268 g/mol. The van der Waals surface area contributed by atoms with Gasteiger partial charge in [-0.15, -0.1) is 0 Å². The van der Waals surface area contributed by atoms with E-state index in [1.165, 1.54) is 0 Å². The maximum atomic E-state index is 11.8. The van der Waals surface area contributed by atoms with Crippen molar-refractivity contribution in [1.29, 1.82) is 0 Å². The van der Waals surface area contributed by atoms with Crippen molar-refractivity contribution in [2.75, 3.05) is 10.2 Å². The number of amides is 1. The fraction of sp³-hybridized carbons (Fsp3) is 0.417. The zero-order valence-corrected chi connectivity index (χ0v) is 11.2. The van der Waals surface area contributed by atoms with Gasteiger partial charge in [-0.2, -0.15) is 0 Å². The highest BCUT2D eigenvalue weighted by Crippen LogP contribution is 2.39. The third kappa shape index (κ3) is 1.71. The highest BCUT2D eigenvalue weighted by atomic mass is 79.9. The van der Waals surface area contributed by atoms with E-state index in [0.29, 0.717) is 6.04 Å². The number of rotatable bonds is 1. The first-order chi connectivity index (χ1) is 7.52. The molecule has 86 valence electrons. The number of anilines is 2. The number of carbonyl (C=O) groups excluding carboxylic acids is 1. The average Bonchev–Trinajstić information content (AvgIpc) is 2.20. The van der Waals surface area contributed by atoms with Crippen LogP contribution in [-0.2, 0) is 4.79 Å². The number of halogens is 1. The summed E-state index contributed by atoms with van der Waals surface area (Å²) in [6.45, 7) is 6.12. The van der Waals surface area contributed by atoms with Gasteiger partial charge in [0.25, 0.3) is 0 Å². The second-order valence-corrected chi connectivity index (χ2v) is 5.16. The van der Waals surface area contributed by atoms with Gasteiger partial charge in [0.15, 0.2) is 0 Å². The fourth-order valence-corrected chi connectivity index (χ4v) is 2.71. The first kappa shape index (κ1) is 11.5. The Hall–Kier alpha value is -1.03. The SMILES string of the molecule is CC(C)N1c2c(Br)cccc2NC(=O)C1C. The summed E-state index contributed by atoms with van der Waals surface area (Å²) >= 11 is 3.55. The van der Waals surface area contributed by atoms with E-state index < -0.39 is 0 Å². The van der Waals surface area contributed by atoms with Crippen molar-refractivity contribution in [3.8, 4) is 0 Å². The van der Waals surface area contributed by atoms with Crippen LogP contribution in [0.4, 0.5) is 11.4 Å². The van der Waals surface area contributed by atoms with Crippen LogP contribution in [0.25, 0.3) is 0 Å². The predicted octanol–water partition coefficient (Wildman–Crippen LogP) is 3.00. The summed E-state index contributed by atoms with van der Waals surface area (Å²) in [4.78, 5) is 14.0. The minimum atomic E-state index is -0.133. The molecule has 1 unspecified atom stereocenters. The summed E-state index contributed by atoms with van der Waals surface area (Å²) in [7, 11) is 0. The summed E-state index contributed by atoms with van der Waals surface area (Å²) in [5.41, 5.74) is 1.95. The molecule has 1 aliphatic heterocycles. The highest BCUT2D eigenvalue weighted by molar-refractivity contribution is 9.10. The molecule has 1 aromatic rings. The lowest BCUT2D eigenvalue weighted by Gasteiger charge is -2.39. The van der Waals surface area contributed by atoms with Crippen molar-refractivity contribution in [3.63, 3.8) is 0 Å². The zero-order valence-electron chi connectivity index (χ0n) is 9.62. The Balaban J connectivity index is 2.58. The van der Waals surface area contributed by atoms with Crippen LogP contribution in [0.1, 0.15) is 20.8 Å². The molecule has 1 amide bonds. The molecule has 1 heterocycles. The monoisotopic (exact) mass is 282 g/mol. The zero-order chi connectivity index (χ0) is 11.9. The standard InChI is InChI=1S/C12H15BrN2O/c1-7(2)15-8(3)12(16)14-10-6-4-5-9(13)11(10)15/h4-8H,1-3H3,(H,14,16). The maximum Gasteiger partial charge on any atom is 0.246 e. The molecule has 1 aliphatic rings. The van der Waals surface area contributed by atoms with E-state index in [0.717, 1.165) is 15.8 Å². The van der Waals surface area contributed by atoms with Gasteiger partial charge >= 0.3 is 0 Å². The lowest BCUT2D eigenvalue weighted by atomic mass is 10.1. The number of hydrogen-bond acceptors (Lipinski definition) is 2.